The van der Waals surface area contributed by atoms with Gasteiger partial charge in [-0.15, -0.1) is 0 Å². The van der Waals surface area contributed by atoms with Crippen LogP contribution in [0.15, 0.2) is 18.2 Å². The number of benzene rings is 1. The largest absolute Gasteiger partial charge is 0.418 e. The van der Waals surface area contributed by atoms with Crippen molar-refractivity contribution in [1.82, 2.24) is 0 Å². The van der Waals surface area contributed by atoms with Crippen LogP contribution in [0.25, 0.3) is 0 Å². The third kappa shape index (κ3) is 6.54. The average molecular weight is 326 g/mol. The molecule has 1 rings (SSSR count). The first-order valence-electron chi connectivity index (χ1n) is 6.56. The summed E-state index contributed by atoms with van der Waals surface area (Å²) < 4.78 is 43.8. The van der Waals surface area contributed by atoms with Gasteiger partial charge in [-0.2, -0.15) is 13.2 Å². The van der Waals surface area contributed by atoms with Gasteiger partial charge in [-0.25, -0.2) is 0 Å². The van der Waals surface area contributed by atoms with Crippen molar-refractivity contribution < 1.29 is 23.0 Å². The minimum atomic E-state index is -4.51. The lowest BCUT2D eigenvalue weighted by Crippen LogP contribution is -2.26. The molecule has 0 bridgehead atoms. The third-order valence-corrected chi connectivity index (χ3v) is 2.81. The highest BCUT2D eigenvalue weighted by Crippen LogP contribution is 2.36. The van der Waals surface area contributed by atoms with Crippen LogP contribution in [0.3, 0.4) is 0 Å². The zero-order valence-corrected chi connectivity index (χ0v) is 12.6. The maximum absolute atomic E-state index is 12.9. The number of halogens is 4. The molecule has 0 amide bonds. The maximum atomic E-state index is 12.9. The van der Waals surface area contributed by atoms with Crippen molar-refractivity contribution in [2.24, 2.45) is 5.92 Å². The number of alkyl halides is 3. The second-order valence-corrected chi connectivity index (χ2v) is 5.59. The summed E-state index contributed by atoms with van der Waals surface area (Å²) >= 11 is 5.59. The van der Waals surface area contributed by atoms with Crippen LogP contribution in [-0.2, 0) is 10.9 Å². The van der Waals surface area contributed by atoms with Crippen molar-refractivity contribution in [1.29, 1.82) is 0 Å². The standard InChI is InChI=1S/C14H19ClF3NO2/c1-9(2)7-21-8-11(20)6-19-13-4-3-10(15)5-12(13)14(16,17)18/h3-5,9,11,19-20H,6-8H2,1-2H3. The molecule has 120 valence electrons. The highest BCUT2D eigenvalue weighted by atomic mass is 35.5. The van der Waals surface area contributed by atoms with E-state index < -0.39 is 17.8 Å². The smallest absolute Gasteiger partial charge is 0.389 e. The fraction of sp³-hybridized carbons (Fsp3) is 0.571. The molecule has 0 radical (unpaired) electrons. The molecule has 0 aliphatic rings. The van der Waals surface area contributed by atoms with Crippen molar-refractivity contribution in [3.8, 4) is 0 Å². The monoisotopic (exact) mass is 325 g/mol. The van der Waals surface area contributed by atoms with Gasteiger partial charge < -0.3 is 15.2 Å². The Morgan fingerprint density at radius 2 is 1.95 bits per heavy atom. The molecule has 0 aliphatic heterocycles. The molecule has 0 heterocycles. The lowest BCUT2D eigenvalue weighted by Gasteiger charge is -2.17. The van der Waals surface area contributed by atoms with Gasteiger partial charge in [0.1, 0.15) is 0 Å². The van der Waals surface area contributed by atoms with E-state index >= 15 is 0 Å². The topological polar surface area (TPSA) is 41.5 Å². The Labute approximate surface area is 127 Å². The average Bonchev–Trinajstić information content (AvgIpc) is 2.35. The van der Waals surface area contributed by atoms with Crippen LogP contribution in [0.1, 0.15) is 19.4 Å². The van der Waals surface area contributed by atoms with Gasteiger partial charge in [0.05, 0.1) is 18.3 Å². The fourth-order valence-electron chi connectivity index (χ4n) is 1.63. The van der Waals surface area contributed by atoms with Crippen molar-refractivity contribution in [3.63, 3.8) is 0 Å². The zero-order valence-electron chi connectivity index (χ0n) is 11.9. The van der Waals surface area contributed by atoms with E-state index in [9.17, 15) is 18.3 Å². The summed E-state index contributed by atoms with van der Waals surface area (Å²) in [6.07, 6.45) is -5.40. The van der Waals surface area contributed by atoms with Crippen molar-refractivity contribution in [2.75, 3.05) is 25.1 Å². The Bertz CT molecular complexity index is 452. The summed E-state index contributed by atoms with van der Waals surface area (Å²) in [5, 5.41) is 12.3. The first-order valence-corrected chi connectivity index (χ1v) is 6.94. The quantitative estimate of drug-likeness (QED) is 0.801. The minimum Gasteiger partial charge on any atom is -0.389 e. The second-order valence-electron chi connectivity index (χ2n) is 5.15. The molecule has 1 atom stereocenters. The van der Waals surface area contributed by atoms with Crippen LogP contribution in [0, 0.1) is 5.92 Å². The van der Waals surface area contributed by atoms with Gasteiger partial charge in [0.25, 0.3) is 0 Å². The Morgan fingerprint density at radius 3 is 2.52 bits per heavy atom. The van der Waals surface area contributed by atoms with Crippen LogP contribution < -0.4 is 5.32 Å². The Kier molecular flexibility index (Phi) is 6.77. The van der Waals surface area contributed by atoms with Gasteiger partial charge in [-0.05, 0) is 24.1 Å². The molecule has 1 unspecified atom stereocenters. The van der Waals surface area contributed by atoms with Gasteiger partial charge in [-0.1, -0.05) is 25.4 Å². The van der Waals surface area contributed by atoms with Gasteiger partial charge in [0, 0.05) is 23.9 Å². The molecule has 0 spiro atoms. The number of ether oxygens (including phenoxy) is 1. The second kappa shape index (κ2) is 7.87. The summed E-state index contributed by atoms with van der Waals surface area (Å²) in [6.45, 7) is 4.45. The van der Waals surface area contributed by atoms with Crippen molar-refractivity contribution >= 4 is 17.3 Å². The van der Waals surface area contributed by atoms with E-state index in [1.807, 2.05) is 13.8 Å². The number of aliphatic hydroxyl groups is 1. The molecule has 0 fully saturated rings. The number of anilines is 1. The van der Waals surface area contributed by atoms with Gasteiger partial charge in [0.15, 0.2) is 0 Å². The Morgan fingerprint density at radius 1 is 1.29 bits per heavy atom. The van der Waals surface area contributed by atoms with E-state index in [0.717, 1.165) is 6.07 Å². The van der Waals surface area contributed by atoms with Crippen LogP contribution in [0.5, 0.6) is 0 Å². The summed E-state index contributed by atoms with van der Waals surface area (Å²) in [4.78, 5) is 0. The van der Waals surface area contributed by atoms with Crippen molar-refractivity contribution in [3.05, 3.63) is 28.8 Å². The molecule has 0 aliphatic carbocycles. The summed E-state index contributed by atoms with van der Waals surface area (Å²) in [7, 11) is 0. The molecule has 21 heavy (non-hydrogen) atoms. The summed E-state index contributed by atoms with van der Waals surface area (Å²) in [6, 6.07) is 3.46. The van der Waals surface area contributed by atoms with E-state index in [4.69, 9.17) is 16.3 Å². The van der Waals surface area contributed by atoms with E-state index in [-0.39, 0.29) is 23.9 Å². The van der Waals surface area contributed by atoms with Crippen LogP contribution in [0.2, 0.25) is 5.02 Å². The Balaban J connectivity index is 2.59. The van der Waals surface area contributed by atoms with Gasteiger partial charge >= 0.3 is 6.18 Å². The van der Waals surface area contributed by atoms with Gasteiger partial charge in [-0.3, -0.25) is 0 Å². The van der Waals surface area contributed by atoms with Crippen LogP contribution >= 0.6 is 11.6 Å². The molecule has 3 nitrogen and oxygen atoms in total. The zero-order chi connectivity index (χ0) is 16.0. The lowest BCUT2D eigenvalue weighted by molar-refractivity contribution is -0.137. The fourth-order valence-corrected chi connectivity index (χ4v) is 1.80. The van der Waals surface area contributed by atoms with E-state index in [2.05, 4.69) is 5.32 Å². The molecule has 0 aromatic heterocycles. The van der Waals surface area contributed by atoms with E-state index in [1.165, 1.54) is 12.1 Å². The SMILES string of the molecule is CC(C)COCC(O)CNc1ccc(Cl)cc1C(F)(F)F. The molecule has 0 saturated heterocycles. The third-order valence-electron chi connectivity index (χ3n) is 2.58. The summed E-state index contributed by atoms with van der Waals surface area (Å²) in [5.74, 6) is 0.332. The number of nitrogens with one attached hydrogen (secondary N) is 1. The maximum Gasteiger partial charge on any atom is 0.418 e. The van der Waals surface area contributed by atoms with E-state index in [1.54, 1.807) is 0 Å². The van der Waals surface area contributed by atoms with Crippen LogP contribution in [-0.4, -0.2) is 31.0 Å². The predicted octanol–water partition coefficient (Wildman–Crippen LogP) is 3.80. The molecular formula is C14H19ClF3NO2. The number of hydrogen-bond donors (Lipinski definition) is 2. The van der Waals surface area contributed by atoms with Gasteiger partial charge in [0.2, 0.25) is 0 Å². The molecule has 2 N–H and O–H groups in total. The molecular weight excluding hydrogens is 307 g/mol. The predicted molar refractivity (Wildman–Crippen MR) is 76.6 cm³/mol. The first kappa shape index (κ1) is 18.1. The number of hydrogen-bond acceptors (Lipinski definition) is 3. The van der Waals surface area contributed by atoms with Crippen molar-refractivity contribution in [2.45, 2.75) is 26.1 Å². The molecule has 7 heteroatoms. The molecule has 1 aromatic rings. The van der Waals surface area contributed by atoms with E-state index in [0.29, 0.717) is 12.5 Å². The highest BCUT2D eigenvalue weighted by Gasteiger charge is 2.33. The normalized spacial score (nSPS) is 13.5. The minimum absolute atomic E-state index is 0.00805. The Hall–Kier alpha value is -0.980. The lowest BCUT2D eigenvalue weighted by atomic mass is 10.1. The number of aliphatic hydroxyl groups excluding tert-OH is 1. The van der Waals surface area contributed by atoms with Crippen LogP contribution in [0.4, 0.5) is 18.9 Å². The number of rotatable bonds is 7. The molecule has 0 saturated carbocycles. The molecule has 1 aromatic carbocycles. The first-order chi connectivity index (χ1) is 9.70. The highest BCUT2D eigenvalue weighted by molar-refractivity contribution is 6.30. The summed E-state index contributed by atoms with van der Waals surface area (Å²) in [5.41, 5.74) is -0.972.